The van der Waals surface area contributed by atoms with E-state index in [1.54, 1.807) is 18.2 Å². The van der Waals surface area contributed by atoms with Gasteiger partial charge in [0.05, 0.1) is 30.2 Å². The van der Waals surface area contributed by atoms with E-state index in [0.29, 0.717) is 42.8 Å². The highest BCUT2D eigenvalue weighted by atomic mass is 35.5. The number of benzene rings is 2. The molecule has 1 fully saturated rings. The Morgan fingerprint density at radius 3 is 2.61 bits per heavy atom. The number of nitrogens with one attached hydrogen (secondary N) is 1. The molecule has 2 aromatic rings. The second kappa shape index (κ2) is 8.70. The van der Waals surface area contributed by atoms with Crippen molar-refractivity contribution in [2.75, 3.05) is 43.1 Å². The van der Waals surface area contributed by atoms with Crippen molar-refractivity contribution >= 4 is 28.9 Å². The summed E-state index contributed by atoms with van der Waals surface area (Å²) in [5.41, 5.74) is -0.251. The van der Waals surface area contributed by atoms with Gasteiger partial charge in [0.25, 0.3) is 5.91 Å². The summed E-state index contributed by atoms with van der Waals surface area (Å²) in [5.74, 6) is -0.186. The SMILES string of the molecule is O=C(COc1cccc(Cl)c1)Nc1cc(C(F)(F)F)ccc1N1CCOCC1. The van der Waals surface area contributed by atoms with Crippen LogP contribution in [0.15, 0.2) is 42.5 Å². The molecule has 1 N–H and O–H groups in total. The van der Waals surface area contributed by atoms with Crippen LogP contribution in [0.5, 0.6) is 5.75 Å². The van der Waals surface area contributed by atoms with Crippen molar-refractivity contribution in [2.24, 2.45) is 0 Å². The number of alkyl halides is 3. The minimum atomic E-state index is -4.51. The maximum absolute atomic E-state index is 13.1. The third-order valence-electron chi connectivity index (χ3n) is 4.12. The average molecular weight is 415 g/mol. The fraction of sp³-hybridized carbons (Fsp3) is 0.316. The van der Waals surface area contributed by atoms with Crippen molar-refractivity contribution in [3.63, 3.8) is 0 Å². The Bertz CT molecular complexity index is 839. The zero-order valence-corrected chi connectivity index (χ0v) is 15.5. The van der Waals surface area contributed by atoms with Gasteiger partial charge >= 0.3 is 6.18 Å². The van der Waals surface area contributed by atoms with Gasteiger partial charge in [0, 0.05) is 18.1 Å². The van der Waals surface area contributed by atoms with Gasteiger partial charge in [-0.05, 0) is 36.4 Å². The van der Waals surface area contributed by atoms with Gasteiger partial charge in [-0.1, -0.05) is 17.7 Å². The van der Waals surface area contributed by atoms with E-state index in [1.807, 2.05) is 4.90 Å². The molecule has 28 heavy (non-hydrogen) atoms. The Morgan fingerprint density at radius 2 is 1.93 bits per heavy atom. The molecule has 1 amide bonds. The Balaban J connectivity index is 1.76. The lowest BCUT2D eigenvalue weighted by Crippen LogP contribution is -2.37. The lowest BCUT2D eigenvalue weighted by molar-refractivity contribution is -0.137. The minimum absolute atomic E-state index is 0.0800. The number of anilines is 2. The molecule has 1 aliphatic heterocycles. The number of ether oxygens (including phenoxy) is 2. The Morgan fingerprint density at radius 1 is 1.18 bits per heavy atom. The molecule has 9 heteroatoms. The van der Waals surface area contributed by atoms with Crippen molar-refractivity contribution in [3.8, 4) is 5.75 Å². The molecule has 1 aliphatic rings. The van der Waals surface area contributed by atoms with Gasteiger partial charge in [-0.25, -0.2) is 0 Å². The van der Waals surface area contributed by atoms with Gasteiger partial charge in [0.1, 0.15) is 5.75 Å². The van der Waals surface area contributed by atoms with Crippen LogP contribution in [-0.4, -0.2) is 38.8 Å². The summed E-state index contributed by atoms with van der Waals surface area (Å²) in [4.78, 5) is 14.1. The summed E-state index contributed by atoms with van der Waals surface area (Å²) in [6.45, 7) is 1.61. The van der Waals surface area contributed by atoms with E-state index in [1.165, 1.54) is 12.1 Å². The number of carbonyl (C=O) groups excluding carboxylic acids is 1. The lowest BCUT2D eigenvalue weighted by Gasteiger charge is -2.31. The molecule has 0 bridgehead atoms. The molecule has 0 aliphatic carbocycles. The maximum Gasteiger partial charge on any atom is 0.416 e. The molecule has 2 aromatic carbocycles. The molecular weight excluding hydrogens is 397 g/mol. The molecule has 150 valence electrons. The standard InChI is InChI=1S/C19H18ClF3N2O3/c20-14-2-1-3-15(11-14)28-12-18(26)24-16-10-13(19(21,22)23)4-5-17(16)25-6-8-27-9-7-25/h1-5,10-11H,6-9,12H2,(H,24,26). The highest BCUT2D eigenvalue weighted by Crippen LogP contribution is 2.35. The minimum Gasteiger partial charge on any atom is -0.484 e. The van der Waals surface area contributed by atoms with Gasteiger partial charge in [-0.15, -0.1) is 0 Å². The van der Waals surface area contributed by atoms with Gasteiger partial charge in [0.15, 0.2) is 6.61 Å². The molecule has 1 heterocycles. The van der Waals surface area contributed by atoms with Crippen LogP contribution in [0.4, 0.5) is 24.5 Å². The number of nitrogens with zero attached hydrogens (tertiary/aromatic N) is 1. The number of carbonyl (C=O) groups is 1. The van der Waals surface area contributed by atoms with Crippen LogP contribution in [0.2, 0.25) is 5.02 Å². The highest BCUT2D eigenvalue weighted by Gasteiger charge is 2.32. The van der Waals surface area contributed by atoms with Crippen LogP contribution < -0.4 is 15.0 Å². The Hall–Kier alpha value is -2.45. The van der Waals surface area contributed by atoms with Gasteiger partial charge in [-0.2, -0.15) is 13.2 Å². The quantitative estimate of drug-likeness (QED) is 0.796. The highest BCUT2D eigenvalue weighted by molar-refractivity contribution is 6.30. The second-order valence-electron chi connectivity index (χ2n) is 6.12. The molecule has 3 rings (SSSR count). The summed E-state index contributed by atoms with van der Waals surface area (Å²) in [6, 6.07) is 9.79. The number of hydrogen-bond acceptors (Lipinski definition) is 4. The Kier molecular flexibility index (Phi) is 6.31. The zero-order chi connectivity index (χ0) is 20.1. The van der Waals surface area contributed by atoms with Crippen molar-refractivity contribution < 1.29 is 27.4 Å². The van der Waals surface area contributed by atoms with E-state index < -0.39 is 17.6 Å². The third kappa shape index (κ3) is 5.30. The van der Waals surface area contributed by atoms with E-state index in [2.05, 4.69) is 5.32 Å². The van der Waals surface area contributed by atoms with E-state index in [-0.39, 0.29) is 12.3 Å². The van der Waals surface area contributed by atoms with E-state index in [9.17, 15) is 18.0 Å². The van der Waals surface area contributed by atoms with Crippen LogP contribution >= 0.6 is 11.6 Å². The first kappa shape index (κ1) is 20.3. The predicted octanol–water partition coefficient (Wildman–Crippen LogP) is 4.21. The van der Waals surface area contributed by atoms with E-state index >= 15 is 0 Å². The summed E-state index contributed by atoms with van der Waals surface area (Å²) < 4.78 is 49.9. The normalized spacial score (nSPS) is 14.6. The maximum atomic E-state index is 13.1. The monoisotopic (exact) mass is 414 g/mol. The van der Waals surface area contributed by atoms with Crippen molar-refractivity contribution in [3.05, 3.63) is 53.1 Å². The van der Waals surface area contributed by atoms with Crippen LogP contribution in [0.3, 0.4) is 0 Å². The van der Waals surface area contributed by atoms with Crippen LogP contribution in [-0.2, 0) is 15.7 Å². The van der Waals surface area contributed by atoms with Crippen LogP contribution in [0, 0.1) is 0 Å². The van der Waals surface area contributed by atoms with E-state index in [0.717, 1.165) is 12.1 Å². The van der Waals surface area contributed by atoms with Crippen LogP contribution in [0.25, 0.3) is 0 Å². The first-order valence-corrected chi connectivity index (χ1v) is 8.93. The van der Waals surface area contributed by atoms with Crippen molar-refractivity contribution in [1.82, 2.24) is 0 Å². The summed E-state index contributed by atoms with van der Waals surface area (Å²) >= 11 is 5.85. The lowest BCUT2D eigenvalue weighted by atomic mass is 10.1. The molecule has 0 aromatic heterocycles. The predicted molar refractivity (Wildman–Crippen MR) is 100 cm³/mol. The molecule has 5 nitrogen and oxygen atoms in total. The Labute approximate surface area is 165 Å². The fourth-order valence-electron chi connectivity index (χ4n) is 2.78. The first-order valence-electron chi connectivity index (χ1n) is 8.55. The van der Waals surface area contributed by atoms with Crippen molar-refractivity contribution in [2.45, 2.75) is 6.18 Å². The summed E-state index contributed by atoms with van der Waals surface area (Å²) in [7, 11) is 0. The topological polar surface area (TPSA) is 50.8 Å². The molecule has 0 saturated carbocycles. The molecule has 0 atom stereocenters. The summed E-state index contributed by atoms with van der Waals surface area (Å²) in [6.07, 6.45) is -4.51. The van der Waals surface area contributed by atoms with Crippen LogP contribution in [0.1, 0.15) is 5.56 Å². The molecule has 0 radical (unpaired) electrons. The molecular formula is C19H18ClF3N2O3. The zero-order valence-electron chi connectivity index (χ0n) is 14.8. The number of amides is 1. The van der Waals surface area contributed by atoms with Crippen molar-refractivity contribution in [1.29, 1.82) is 0 Å². The van der Waals surface area contributed by atoms with Gasteiger partial charge in [0.2, 0.25) is 0 Å². The molecule has 1 saturated heterocycles. The fourth-order valence-corrected chi connectivity index (χ4v) is 2.96. The second-order valence-corrected chi connectivity index (χ2v) is 6.56. The first-order chi connectivity index (χ1) is 13.3. The number of hydrogen-bond donors (Lipinski definition) is 1. The number of morpholine rings is 1. The molecule has 0 unspecified atom stereocenters. The molecule has 0 spiro atoms. The number of halogens is 4. The third-order valence-corrected chi connectivity index (χ3v) is 4.35. The average Bonchev–Trinajstić information content (AvgIpc) is 2.66. The van der Waals surface area contributed by atoms with E-state index in [4.69, 9.17) is 21.1 Å². The smallest absolute Gasteiger partial charge is 0.416 e. The number of rotatable bonds is 5. The van der Waals surface area contributed by atoms with Gasteiger partial charge < -0.3 is 19.7 Å². The van der Waals surface area contributed by atoms with Gasteiger partial charge in [-0.3, -0.25) is 4.79 Å². The summed E-state index contributed by atoms with van der Waals surface area (Å²) in [5, 5.41) is 2.98. The largest absolute Gasteiger partial charge is 0.484 e.